The highest BCUT2D eigenvalue weighted by Gasteiger charge is 2.26. The van der Waals surface area contributed by atoms with E-state index in [0.717, 1.165) is 23.6 Å². The molecule has 2 aromatic rings. The minimum atomic E-state index is 0.523. The standard InChI is InChI=1S/C15H15Cl2N3/c1-2-18-14-8-13(9-3-4-9)19-15(20-14)10-5-6-11(16)12(17)7-10/h5-9H,2-4H2,1H3,(H,18,19,20). The van der Waals surface area contributed by atoms with Crippen LogP contribution in [0.25, 0.3) is 11.4 Å². The predicted octanol–water partition coefficient (Wildman–Crippen LogP) is 4.76. The Hall–Kier alpha value is -1.32. The Morgan fingerprint density at radius 2 is 1.95 bits per heavy atom. The molecule has 3 rings (SSSR count). The summed E-state index contributed by atoms with van der Waals surface area (Å²) in [6.07, 6.45) is 2.42. The molecule has 20 heavy (non-hydrogen) atoms. The van der Waals surface area contributed by atoms with Crippen LogP contribution in [-0.4, -0.2) is 16.5 Å². The SMILES string of the molecule is CCNc1cc(C2CC2)nc(-c2ccc(Cl)c(Cl)c2)n1. The van der Waals surface area contributed by atoms with E-state index in [1.54, 1.807) is 6.07 Å². The first-order valence-electron chi connectivity index (χ1n) is 6.75. The molecule has 0 aliphatic heterocycles. The highest BCUT2D eigenvalue weighted by atomic mass is 35.5. The van der Waals surface area contributed by atoms with E-state index in [4.69, 9.17) is 23.2 Å². The number of nitrogens with one attached hydrogen (secondary N) is 1. The lowest BCUT2D eigenvalue weighted by Gasteiger charge is -2.09. The summed E-state index contributed by atoms with van der Waals surface area (Å²) in [6.45, 7) is 2.89. The molecule has 1 aliphatic rings. The Morgan fingerprint density at radius 1 is 1.15 bits per heavy atom. The van der Waals surface area contributed by atoms with Gasteiger partial charge in [0, 0.05) is 29.8 Å². The van der Waals surface area contributed by atoms with Crippen molar-refractivity contribution in [3.8, 4) is 11.4 Å². The molecule has 1 aliphatic carbocycles. The van der Waals surface area contributed by atoms with E-state index in [0.29, 0.717) is 21.8 Å². The number of aromatic nitrogens is 2. The summed E-state index contributed by atoms with van der Waals surface area (Å²) in [7, 11) is 0. The third-order valence-corrected chi connectivity index (χ3v) is 4.02. The van der Waals surface area contributed by atoms with E-state index >= 15 is 0 Å². The van der Waals surface area contributed by atoms with Crippen molar-refractivity contribution < 1.29 is 0 Å². The van der Waals surface area contributed by atoms with E-state index in [9.17, 15) is 0 Å². The molecule has 1 saturated carbocycles. The Bertz CT molecular complexity index is 639. The van der Waals surface area contributed by atoms with Crippen molar-refractivity contribution in [1.82, 2.24) is 9.97 Å². The Balaban J connectivity index is 2.04. The van der Waals surface area contributed by atoms with Gasteiger partial charge in [0.1, 0.15) is 5.82 Å². The molecule has 1 fully saturated rings. The molecule has 1 N–H and O–H groups in total. The Morgan fingerprint density at radius 3 is 2.60 bits per heavy atom. The summed E-state index contributed by atoms with van der Waals surface area (Å²) in [5.74, 6) is 2.14. The van der Waals surface area contributed by atoms with Crippen molar-refractivity contribution in [3.63, 3.8) is 0 Å². The number of benzene rings is 1. The second-order valence-corrected chi connectivity index (χ2v) is 5.75. The average Bonchev–Trinajstić information content (AvgIpc) is 3.26. The van der Waals surface area contributed by atoms with Crippen molar-refractivity contribution in [3.05, 3.63) is 40.0 Å². The molecule has 0 atom stereocenters. The number of nitrogens with zero attached hydrogens (tertiary/aromatic N) is 2. The zero-order valence-corrected chi connectivity index (χ0v) is 12.7. The van der Waals surface area contributed by atoms with Gasteiger partial charge in [0.25, 0.3) is 0 Å². The summed E-state index contributed by atoms with van der Waals surface area (Å²) in [5, 5.41) is 4.32. The van der Waals surface area contributed by atoms with Gasteiger partial charge in [-0.2, -0.15) is 0 Å². The number of hydrogen-bond donors (Lipinski definition) is 1. The summed E-state index contributed by atoms with van der Waals surface area (Å²) >= 11 is 12.0. The van der Waals surface area contributed by atoms with Crippen molar-refractivity contribution >= 4 is 29.0 Å². The highest BCUT2D eigenvalue weighted by Crippen LogP contribution is 2.40. The first-order chi connectivity index (χ1) is 9.67. The van der Waals surface area contributed by atoms with E-state index in [2.05, 4.69) is 22.2 Å². The van der Waals surface area contributed by atoms with Crippen LogP contribution in [0.1, 0.15) is 31.4 Å². The molecular formula is C15H15Cl2N3. The first kappa shape index (κ1) is 13.7. The fourth-order valence-electron chi connectivity index (χ4n) is 2.09. The molecule has 3 nitrogen and oxygen atoms in total. The van der Waals surface area contributed by atoms with Crippen LogP contribution in [0.3, 0.4) is 0 Å². The first-order valence-corrected chi connectivity index (χ1v) is 7.51. The normalized spacial score (nSPS) is 14.3. The molecule has 0 amide bonds. The fourth-order valence-corrected chi connectivity index (χ4v) is 2.39. The van der Waals surface area contributed by atoms with Crippen LogP contribution in [0.5, 0.6) is 0 Å². The van der Waals surface area contributed by atoms with Gasteiger partial charge < -0.3 is 5.32 Å². The maximum atomic E-state index is 6.08. The minimum Gasteiger partial charge on any atom is -0.370 e. The number of rotatable bonds is 4. The van der Waals surface area contributed by atoms with Crippen LogP contribution in [-0.2, 0) is 0 Å². The highest BCUT2D eigenvalue weighted by molar-refractivity contribution is 6.42. The smallest absolute Gasteiger partial charge is 0.161 e. The van der Waals surface area contributed by atoms with Crippen LogP contribution in [0.15, 0.2) is 24.3 Å². The van der Waals surface area contributed by atoms with Crippen LogP contribution in [0.4, 0.5) is 5.82 Å². The molecule has 5 heteroatoms. The van der Waals surface area contributed by atoms with Gasteiger partial charge in [0.15, 0.2) is 5.82 Å². The molecule has 1 heterocycles. The zero-order valence-electron chi connectivity index (χ0n) is 11.2. The van der Waals surface area contributed by atoms with Gasteiger partial charge in [0.05, 0.1) is 10.0 Å². The van der Waals surface area contributed by atoms with Gasteiger partial charge in [-0.15, -0.1) is 0 Å². The third-order valence-electron chi connectivity index (χ3n) is 3.28. The van der Waals surface area contributed by atoms with Crippen molar-refractivity contribution in [2.24, 2.45) is 0 Å². The summed E-state index contributed by atoms with van der Waals surface area (Å²) < 4.78 is 0. The van der Waals surface area contributed by atoms with Crippen molar-refractivity contribution in [2.45, 2.75) is 25.7 Å². The second-order valence-electron chi connectivity index (χ2n) is 4.94. The molecule has 0 spiro atoms. The summed E-state index contributed by atoms with van der Waals surface area (Å²) in [6, 6.07) is 7.53. The van der Waals surface area contributed by atoms with Gasteiger partial charge in [0.2, 0.25) is 0 Å². The third kappa shape index (κ3) is 2.89. The van der Waals surface area contributed by atoms with Gasteiger partial charge in [-0.1, -0.05) is 23.2 Å². The molecule has 0 saturated heterocycles. The van der Waals surface area contributed by atoms with Gasteiger partial charge in [-0.3, -0.25) is 0 Å². The summed E-state index contributed by atoms with van der Waals surface area (Å²) in [4.78, 5) is 9.22. The van der Waals surface area contributed by atoms with Crippen molar-refractivity contribution in [1.29, 1.82) is 0 Å². The Kier molecular flexibility index (Phi) is 3.81. The quantitative estimate of drug-likeness (QED) is 0.885. The van der Waals surface area contributed by atoms with Gasteiger partial charge in [-0.25, -0.2) is 9.97 Å². The topological polar surface area (TPSA) is 37.8 Å². The molecule has 0 unspecified atom stereocenters. The largest absolute Gasteiger partial charge is 0.370 e. The predicted molar refractivity (Wildman–Crippen MR) is 83.6 cm³/mol. The lowest BCUT2D eigenvalue weighted by molar-refractivity contribution is 0.988. The average molecular weight is 308 g/mol. The van der Waals surface area contributed by atoms with Gasteiger partial charge >= 0.3 is 0 Å². The number of halogens is 2. The number of anilines is 1. The van der Waals surface area contributed by atoms with Crippen LogP contribution < -0.4 is 5.32 Å². The van der Waals surface area contributed by atoms with E-state index in [-0.39, 0.29) is 0 Å². The molecule has 1 aromatic carbocycles. The van der Waals surface area contributed by atoms with E-state index in [1.807, 2.05) is 18.2 Å². The molecule has 0 radical (unpaired) electrons. The molecule has 1 aromatic heterocycles. The molecule has 104 valence electrons. The fraction of sp³-hybridized carbons (Fsp3) is 0.333. The minimum absolute atomic E-state index is 0.523. The van der Waals surface area contributed by atoms with Crippen molar-refractivity contribution in [2.75, 3.05) is 11.9 Å². The van der Waals surface area contributed by atoms with Crippen LogP contribution in [0.2, 0.25) is 10.0 Å². The van der Waals surface area contributed by atoms with Crippen LogP contribution in [0, 0.1) is 0 Å². The second kappa shape index (κ2) is 5.58. The Labute approximate surface area is 128 Å². The van der Waals surface area contributed by atoms with Gasteiger partial charge in [-0.05, 0) is 38.0 Å². The van der Waals surface area contributed by atoms with Crippen LogP contribution >= 0.6 is 23.2 Å². The van der Waals surface area contributed by atoms with E-state index < -0.39 is 0 Å². The zero-order chi connectivity index (χ0) is 14.1. The maximum Gasteiger partial charge on any atom is 0.161 e. The molecule has 0 bridgehead atoms. The maximum absolute atomic E-state index is 6.08. The summed E-state index contributed by atoms with van der Waals surface area (Å²) in [5.41, 5.74) is 2.00. The molecular weight excluding hydrogens is 293 g/mol. The number of hydrogen-bond acceptors (Lipinski definition) is 3. The monoisotopic (exact) mass is 307 g/mol. The van der Waals surface area contributed by atoms with E-state index in [1.165, 1.54) is 12.8 Å². The lowest BCUT2D eigenvalue weighted by atomic mass is 10.2. The lowest BCUT2D eigenvalue weighted by Crippen LogP contribution is -2.03.